The number of nitrogens with zero attached hydrogens (tertiary/aromatic N) is 4. The average molecular weight is 433 g/mol. The van der Waals surface area contributed by atoms with Crippen molar-refractivity contribution in [3.05, 3.63) is 54.3 Å². The largest absolute Gasteiger partial charge is 0.497 e. The number of aromatic nitrogens is 4. The van der Waals surface area contributed by atoms with E-state index in [1.807, 2.05) is 24.3 Å². The molecule has 1 saturated carbocycles. The normalized spacial score (nSPS) is 14.6. The van der Waals surface area contributed by atoms with Crippen molar-refractivity contribution >= 4 is 22.8 Å². The van der Waals surface area contributed by atoms with E-state index in [1.165, 1.54) is 31.4 Å². The van der Waals surface area contributed by atoms with Gasteiger partial charge in [-0.05, 0) is 61.4 Å². The molecule has 2 aromatic carbocycles. The van der Waals surface area contributed by atoms with E-state index >= 15 is 0 Å². The molecule has 3 N–H and O–H groups in total. The van der Waals surface area contributed by atoms with Crippen LogP contribution in [0.2, 0.25) is 0 Å². The quantitative estimate of drug-likeness (QED) is 0.463. The van der Waals surface area contributed by atoms with Gasteiger partial charge >= 0.3 is 0 Å². The number of methoxy groups -OCH3 is 1. The minimum atomic E-state index is -0.304. The molecule has 0 saturated heterocycles. The first-order chi connectivity index (χ1) is 15.6. The molecule has 164 valence electrons. The first kappa shape index (κ1) is 20.2. The van der Waals surface area contributed by atoms with Crippen LogP contribution in [-0.4, -0.2) is 32.9 Å². The molecular formula is C24H25FN6O. The molecule has 1 aliphatic rings. The summed E-state index contributed by atoms with van der Waals surface area (Å²) in [4.78, 5) is 9.47. The summed E-state index contributed by atoms with van der Waals surface area (Å²) in [5.41, 5.74) is 9.20. The molecule has 32 heavy (non-hydrogen) atoms. The third-order valence-corrected chi connectivity index (χ3v) is 5.94. The molecular weight excluding hydrogens is 407 g/mol. The van der Waals surface area contributed by atoms with E-state index < -0.39 is 0 Å². The molecule has 1 fully saturated rings. The smallest absolute Gasteiger partial charge is 0.225 e. The molecule has 0 unspecified atom stereocenters. The molecule has 0 bridgehead atoms. The van der Waals surface area contributed by atoms with Crippen LogP contribution in [0.3, 0.4) is 0 Å². The third-order valence-electron chi connectivity index (χ3n) is 5.94. The predicted molar refractivity (Wildman–Crippen MR) is 124 cm³/mol. The van der Waals surface area contributed by atoms with Gasteiger partial charge in [0.05, 0.1) is 23.9 Å². The highest BCUT2D eigenvalue weighted by Crippen LogP contribution is 2.33. The summed E-state index contributed by atoms with van der Waals surface area (Å²) in [5.74, 6) is 1.38. The SMILES string of the molecule is COc1ccc(-n2nc3nc(NC4CCCCC4)nc(-c4ccc(F)cc4)c3c2N)cc1. The van der Waals surface area contributed by atoms with E-state index in [0.717, 1.165) is 29.8 Å². The van der Waals surface area contributed by atoms with Gasteiger partial charge in [-0.25, -0.2) is 14.1 Å². The second kappa shape index (κ2) is 8.45. The van der Waals surface area contributed by atoms with Crippen molar-refractivity contribution in [2.24, 2.45) is 0 Å². The highest BCUT2D eigenvalue weighted by atomic mass is 19.1. The first-order valence-electron chi connectivity index (χ1n) is 10.9. The van der Waals surface area contributed by atoms with E-state index in [1.54, 1.807) is 23.9 Å². The van der Waals surface area contributed by atoms with Gasteiger partial charge in [0.15, 0.2) is 5.65 Å². The number of hydrogen-bond donors (Lipinski definition) is 2. The molecule has 8 heteroatoms. The highest BCUT2D eigenvalue weighted by Gasteiger charge is 2.21. The fourth-order valence-electron chi connectivity index (χ4n) is 4.24. The molecule has 0 spiro atoms. The predicted octanol–water partition coefficient (Wildman–Crippen LogP) is 4.96. The zero-order chi connectivity index (χ0) is 22.1. The summed E-state index contributed by atoms with van der Waals surface area (Å²) in [6.45, 7) is 0. The highest BCUT2D eigenvalue weighted by molar-refractivity contribution is 5.99. The zero-order valence-corrected chi connectivity index (χ0v) is 17.9. The maximum absolute atomic E-state index is 13.6. The first-order valence-corrected chi connectivity index (χ1v) is 10.9. The molecule has 0 atom stereocenters. The van der Waals surface area contributed by atoms with Gasteiger partial charge in [0, 0.05) is 11.6 Å². The summed E-state index contributed by atoms with van der Waals surface area (Å²) in [6.07, 6.45) is 5.85. The van der Waals surface area contributed by atoms with Crippen molar-refractivity contribution in [3.8, 4) is 22.7 Å². The van der Waals surface area contributed by atoms with Gasteiger partial charge in [-0.3, -0.25) is 0 Å². The summed E-state index contributed by atoms with van der Waals surface area (Å²) < 4.78 is 20.5. The maximum atomic E-state index is 13.6. The topological polar surface area (TPSA) is 90.9 Å². The minimum Gasteiger partial charge on any atom is -0.497 e. The van der Waals surface area contributed by atoms with Crippen LogP contribution in [0, 0.1) is 5.82 Å². The lowest BCUT2D eigenvalue weighted by Crippen LogP contribution is -2.23. The van der Waals surface area contributed by atoms with Crippen LogP contribution >= 0.6 is 0 Å². The summed E-state index contributed by atoms with van der Waals surface area (Å²) in [6, 6.07) is 14.0. The Balaban J connectivity index is 1.64. The van der Waals surface area contributed by atoms with E-state index in [4.69, 9.17) is 15.5 Å². The van der Waals surface area contributed by atoms with Crippen LogP contribution in [0.5, 0.6) is 5.75 Å². The van der Waals surface area contributed by atoms with Gasteiger partial charge in [-0.15, -0.1) is 5.10 Å². The Morgan fingerprint density at radius 3 is 2.41 bits per heavy atom. The maximum Gasteiger partial charge on any atom is 0.225 e. The van der Waals surface area contributed by atoms with Gasteiger partial charge in [-0.1, -0.05) is 19.3 Å². The lowest BCUT2D eigenvalue weighted by Gasteiger charge is -2.22. The molecule has 2 heterocycles. The van der Waals surface area contributed by atoms with Crippen molar-refractivity contribution in [1.29, 1.82) is 0 Å². The van der Waals surface area contributed by atoms with Crippen LogP contribution < -0.4 is 15.8 Å². The van der Waals surface area contributed by atoms with Gasteiger partial charge in [0.25, 0.3) is 0 Å². The van der Waals surface area contributed by atoms with Crippen molar-refractivity contribution in [1.82, 2.24) is 19.7 Å². The van der Waals surface area contributed by atoms with Gasteiger partial charge in [-0.2, -0.15) is 4.98 Å². The number of rotatable bonds is 5. The Morgan fingerprint density at radius 1 is 1.00 bits per heavy atom. The van der Waals surface area contributed by atoms with Gasteiger partial charge in [0.2, 0.25) is 5.95 Å². The monoisotopic (exact) mass is 432 g/mol. The van der Waals surface area contributed by atoms with E-state index in [0.29, 0.717) is 34.5 Å². The van der Waals surface area contributed by atoms with Gasteiger partial charge < -0.3 is 15.8 Å². The number of fused-ring (bicyclic) bond motifs is 1. The molecule has 5 rings (SSSR count). The number of halogens is 1. The van der Waals surface area contributed by atoms with E-state index in [9.17, 15) is 4.39 Å². The standard InChI is InChI=1S/C24H25FN6O/c1-32-19-13-11-18(12-14-19)31-22(26)20-21(15-7-9-16(25)10-8-15)28-24(29-23(20)30-31)27-17-5-3-2-4-6-17/h7-14,17H,2-6,26H2,1H3,(H,27,29,30). The van der Waals surface area contributed by atoms with Crippen LogP contribution in [-0.2, 0) is 0 Å². The molecule has 2 aromatic heterocycles. The van der Waals surface area contributed by atoms with Crippen molar-refractivity contribution < 1.29 is 9.13 Å². The Bertz CT molecular complexity index is 1230. The summed E-state index contributed by atoms with van der Waals surface area (Å²) >= 11 is 0. The number of nitrogens with two attached hydrogens (primary N) is 1. The van der Waals surface area contributed by atoms with Crippen LogP contribution in [0.1, 0.15) is 32.1 Å². The molecule has 1 aliphatic carbocycles. The molecule has 0 aliphatic heterocycles. The lowest BCUT2D eigenvalue weighted by atomic mass is 9.96. The van der Waals surface area contributed by atoms with Crippen molar-refractivity contribution in [2.75, 3.05) is 18.2 Å². The Kier molecular flexibility index (Phi) is 5.34. The molecule has 0 radical (unpaired) electrons. The minimum absolute atomic E-state index is 0.304. The number of nitrogen functional groups attached to an aromatic ring is 1. The fourth-order valence-corrected chi connectivity index (χ4v) is 4.24. The van der Waals surface area contributed by atoms with Crippen LogP contribution in [0.15, 0.2) is 48.5 Å². The van der Waals surface area contributed by atoms with E-state index in [2.05, 4.69) is 15.4 Å². The second-order valence-electron chi connectivity index (χ2n) is 8.08. The van der Waals surface area contributed by atoms with Crippen molar-refractivity contribution in [2.45, 2.75) is 38.1 Å². The Hall–Kier alpha value is -3.68. The Labute approximate surface area is 185 Å². The van der Waals surface area contributed by atoms with E-state index in [-0.39, 0.29) is 5.82 Å². The number of hydrogen-bond acceptors (Lipinski definition) is 6. The fraction of sp³-hybridized carbons (Fsp3) is 0.292. The summed E-state index contributed by atoms with van der Waals surface area (Å²) in [7, 11) is 1.62. The third kappa shape index (κ3) is 3.84. The number of benzene rings is 2. The van der Waals surface area contributed by atoms with Crippen LogP contribution in [0.4, 0.5) is 16.2 Å². The Morgan fingerprint density at radius 2 is 1.72 bits per heavy atom. The number of anilines is 2. The molecule has 7 nitrogen and oxygen atoms in total. The van der Waals surface area contributed by atoms with Crippen LogP contribution in [0.25, 0.3) is 28.0 Å². The number of nitrogens with one attached hydrogen (secondary N) is 1. The second-order valence-corrected chi connectivity index (χ2v) is 8.08. The zero-order valence-electron chi connectivity index (χ0n) is 17.9. The average Bonchev–Trinajstić information content (AvgIpc) is 3.16. The number of ether oxygens (including phenoxy) is 1. The van der Waals surface area contributed by atoms with Crippen molar-refractivity contribution in [3.63, 3.8) is 0 Å². The van der Waals surface area contributed by atoms with Gasteiger partial charge in [0.1, 0.15) is 17.4 Å². The molecule has 0 amide bonds. The lowest BCUT2D eigenvalue weighted by molar-refractivity contribution is 0.414. The summed E-state index contributed by atoms with van der Waals surface area (Å²) in [5, 5.41) is 8.80. The molecule has 4 aromatic rings.